The predicted molar refractivity (Wildman–Crippen MR) is 137 cm³/mol. The lowest BCUT2D eigenvalue weighted by Crippen LogP contribution is -2.22. The number of amides is 2. The van der Waals surface area contributed by atoms with E-state index in [1.54, 1.807) is 19.2 Å². The highest BCUT2D eigenvalue weighted by molar-refractivity contribution is 14.1. The van der Waals surface area contributed by atoms with E-state index >= 15 is 0 Å². The summed E-state index contributed by atoms with van der Waals surface area (Å²) < 4.78 is 12.5. The van der Waals surface area contributed by atoms with Gasteiger partial charge in [0.1, 0.15) is 4.32 Å². The molecule has 0 aliphatic carbocycles. The van der Waals surface area contributed by atoms with Gasteiger partial charge in [0.15, 0.2) is 18.1 Å². The molecule has 6 nitrogen and oxygen atoms in total. The van der Waals surface area contributed by atoms with E-state index in [1.165, 1.54) is 23.8 Å². The lowest BCUT2D eigenvalue weighted by atomic mass is 10.1. The maximum absolute atomic E-state index is 12.4. The highest BCUT2D eigenvalue weighted by Crippen LogP contribution is 2.37. The number of thioether (sulfide) groups is 1. The summed E-state index contributed by atoms with van der Waals surface area (Å²) in [5, 5.41) is 2.88. The summed E-state index contributed by atoms with van der Waals surface area (Å²) in [5.41, 5.74) is 3.66. The van der Waals surface area contributed by atoms with Gasteiger partial charge in [0, 0.05) is 12.7 Å². The molecule has 0 radical (unpaired) electrons. The smallest absolute Gasteiger partial charge is 0.265 e. The van der Waals surface area contributed by atoms with Crippen LogP contribution in [0.1, 0.15) is 16.7 Å². The molecule has 31 heavy (non-hydrogen) atoms. The number of hydrogen-bond acceptors (Lipinski definition) is 6. The van der Waals surface area contributed by atoms with E-state index in [-0.39, 0.29) is 18.4 Å². The van der Waals surface area contributed by atoms with Crippen LogP contribution in [0.5, 0.6) is 11.5 Å². The molecule has 0 bridgehead atoms. The van der Waals surface area contributed by atoms with E-state index in [9.17, 15) is 9.59 Å². The molecule has 2 amide bonds. The SMILES string of the molecule is COc1cc(/C=C2\SC(=S)N(C)C2=O)cc(I)c1OCC(=O)Nc1cccc(C)c1C. The number of nitrogens with one attached hydrogen (secondary N) is 1. The van der Waals surface area contributed by atoms with E-state index in [0.29, 0.717) is 20.7 Å². The molecule has 1 fully saturated rings. The maximum Gasteiger partial charge on any atom is 0.265 e. The van der Waals surface area contributed by atoms with Gasteiger partial charge in [0.05, 0.1) is 15.6 Å². The predicted octanol–water partition coefficient (Wildman–Crippen LogP) is 4.77. The van der Waals surface area contributed by atoms with Crippen LogP contribution in [-0.2, 0) is 9.59 Å². The average molecular weight is 568 g/mol. The molecule has 2 aromatic rings. The van der Waals surface area contributed by atoms with Crippen LogP contribution in [-0.4, -0.2) is 41.8 Å². The van der Waals surface area contributed by atoms with Gasteiger partial charge in [-0.1, -0.05) is 36.1 Å². The van der Waals surface area contributed by atoms with E-state index in [1.807, 2.05) is 38.1 Å². The molecule has 3 rings (SSSR count). The molecule has 0 aromatic heterocycles. The molecule has 0 unspecified atom stereocenters. The van der Waals surface area contributed by atoms with Crippen molar-refractivity contribution in [1.29, 1.82) is 0 Å². The molecule has 1 aliphatic heterocycles. The number of methoxy groups -OCH3 is 1. The number of nitrogens with zero attached hydrogens (tertiary/aromatic N) is 1. The van der Waals surface area contributed by atoms with Crippen molar-refractivity contribution in [1.82, 2.24) is 4.90 Å². The molecule has 9 heteroatoms. The van der Waals surface area contributed by atoms with E-state index in [2.05, 4.69) is 27.9 Å². The summed E-state index contributed by atoms with van der Waals surface area (Å²) in [6.07, 6.45) is 1.77. The molecule has 1 saturated heterocycles. The average Bonchev–Trinajstić information content (AvgIpc) is 2.96. The number of hydrogen-bond donors (Lipinski definition) is 1. The Morgan fingerprint density at radius 3 is 2.71 bits per heavy atom. The molecule has 162 valence electrons. The second kappa shape index (κ2) is 10.0. The van der Waals surface area contributed by atoms with Gasteiger partial charge in [-0.05, 0) is 77.4 Å². The zero-order valence-electron chi connectivity index (χ0n) is 17.4. The Bertz CT molecular complexity index is 1100. The number of carbonyl (C=O) groups excluding carboxylic acids is 2. The number of ether oxygens (including phenoxy) is 2. The van der Waals surface area contributed by atoms with Crippen LogP contribution >= 0.6 is 46.6 Å². The number of aryl methyl sites for hydroxylation is 1. The van der Waals surface area contributed by atoms with Crippen LogP contribution in [0.2, 0.25) is 0 Å². The van der Waals surface area contributed by atoms with E-state index in [0.717, 1.165) is 25.9 Å². The van der Waals surface area contributed by atoms with Crippen LogP contribution < -0.4 is 14.8 Å². The van der Waals surface area contributed by atoms with Crippen molar-refractivity contribution in [2.24, 2.45) is 0 Å². The second-order valence-corrected chi connectivity index (χ2v) is 9.70. The third kappa shape index (κ3) is 5.39. The van der Waals surface area contributed by atoms with Gasteiger partial charge < -0.3 is 14.8 Å². The summed E-state index contributed by atoms with van der Waals surface area (Å²) in [7, 11) is 3.19. The van der Waals surface area contributed by atoms with Gasteiger partial charge in [-0.15, -0.1) is 0 Å². The van der Waals surface area contributed by atoms with Gasteiger partial charge in [-0.25, -0.2) is 0 Å². The van der Waals surface area contributed by atoms with E-state index in [4.69, 9.17) is 21.7 Å². The molecule has 1 heterocycles. The molecule has 1 N–H and O–H groups in total. The third-order valence-corrected chi connectivity index (χ3v) is 7.05. The van der Waals surface area contributed by atoms with Crippen molar-refractivity contribution in [2.45, 2.75) is 13.8 Å². The number of halogens is 1. The summed E-state index contributed by atoms with van der Waals surface area (Å²) in [6.45, 7) is 3.80. The van der Waals surface area contributed by atoms with Gasteiger partial charge in [-0.2, -0.15) is 0 Å². The van der Waals surface area contributed by atoms with Gasteiger partial charge in [0.25, 0.3) is 11.8 Å². The monoisotopic (exact) mass is 568 g/mol. The van der Waals surface area contributed by atoms with Crippen LogP contribution in [0.25, 0.3) is 6.08 Å². The Morgan fingerprint density at radius 2 is 2.06 bits per heavy atom. The van der Waals surface area contributed by atoms with Gasteiger partial charge in [-0.3, -0.25) is 14.5 Å². The number of anilines is 1. The quantitative estimate of drug-likeness (QED) is 0.308. The third-order valence-electron chi connectivity index (χ3n) is 4.76. The second-order valence-electron chi connectivity index (χ2n) is 6.86. The lowest BCUT2D eigenvalue weighted by molar-refractivity contribution is -0.121. The largest absolute Gasteiger partial charge is 0.493 e. The van der Waals surface area contributed by atoms with Crippen molar-refractivity contribution in [3.63, 3.8) is 0 Å². The van der Waals surface area contributed by atoms with Crippen LogP contribution in [0.4, 0.5) is 5.69 Å². The first-order valence-corrected chi connectivity index (χ1v) is 11.6. The highest BCUT2D eigenvalue weighted by Gasteiger charge is 2.28. The molecular weight excluding hydrogens is 547 g/mol. The fourth-order valence-electron chi connectivity index (χ4n) is 2.87. The van der Waals surface area contributed by atoms with Gasteiger partial charge in [0.2, 0.25) is 0 Å². The maximum atomic E-state index is 12.4. The Hall–Kier alpha value is -2.11. The zero-order valence-corrected chi connectivity index (χ0v) is 21.2. The van der Waals surface area contributed by atoms with Crippen LogP contribution in [0.15, 0.2) is 35.2 Å². The molecule has 1 aliphatic rings. The van der Waals surface area contributed by atoms with Crippen molar-refractivity contribution >= 4 is 74.5 Å². The number of carbonyl (C=O) groups is 2. The molecular formula is C22H21IN2O4S2. The van der Waals surface area contributed by atoms with Gasteiger partial charge >= 0.3 is 0 Å². The topological polar surface area (TPSA) is 67.9 Å². The first-order valence-electron chi connectivity index (χ1n) is 9.29. The van der Waals surface area contributed by atoms with Crippen molar-refractivity contribution in [3.05, 3.63) is 55.5 Å². The lowest BCUT2D eigenvalue weighted by Gasteiger charge is -2.14. The Kier molecular flexibility index (Phi) is 7.60. The minimum absolute atomic E-state index is 0.132. The Morgan fingerprint density at radius 1 is 1.32 bits per heavy atom. The summed E-state index contributed by atoms with van der Waals surface area (Å²) in [6, 6.07) is 9.38. The van der Waals surface area contributed by atoms with Crippen LogP contribution in [0, 0.1) is 17.4 Å². The minimum Gasteiger partial charge on any atom is -0.493 e. The molecule has 2 aromatic carbocycles. The minimum atomic E-state index is -0.262. The first kappa shape index (κ1) is 23.6. The van der Waals surface area contributed by atoms with Crippen LogP contribution in [0.3, 0.4) is 0 Å². The standard InChI is InChI=1S/C22H21IN2O4S2/c1-12-6-5-7-16(13(12)2)24-19(26)11-29-20-15(23)8-14(9-17(20)28-4)10-18-21(27)25(3)22(30)31-18/h5-10H,11H2,1-4H3,(H,24,26)/b18-10-. The summed E-state index contributed by atoms with van der Waals surface area (Å²) in [4.78, 5) is 26.6. The molecule has 0 saturated carbocycles. The number of thiocarbonyl (C=S) groups is 1. The number of benzene rings is 2. The first-order chi connectivity index (χ1) is 14.7. The molecule has 0 spiro atoms. The van der Waals surface area contributed by atoms with Crippen molar-refractivity contribution < 1.29 is 19.1 Å². The van der Waals surface area contributed by atoms with Crippen molar-refractivity contribution in [3.8, 4) is 11.5 Å². The Labute approximate surface area is 204 Å². The fourth-order valence-corrected chi connectivity index (χ4v) is 4.83. The zero-order chi connectivity index (χ0) is 22.7. The summed E-state index contributed by atoms with van der Waals surface area (Å²) >= 11 is 8.55. The molecule has 0 atom stereocenters. The fraction of sp³-hybridized carbons (Fsp3) is 0.227. The highest BCUT2D eigenvalue weighted by atomic mass is 127. The number of rotatable bonds is 6. The number of likely N-dealkylation sites (N-methyl/N-ethyl adjacent to an activating group) is 1. The normalized spacial score (nSPS) is 14.9. The van der Waals surface area contributed by atoms with Crippen molar-refractivity contribution in [2.75, 3.05) is 26.1 Å². The Balaban J connectivity index is 1.75. The van der Waals surface area contributed by atoms with E-state index < -0.39 is 0 Å². The summed E-state index contributed by atoms with van der Waals surface area (Å²) in [5.74, 6) is 0.554.